The zero-order valence-corrected chi connectivity index (χ0v) is 14.9. The first-order chi connectivity index (χ1) is 12.6. The first-order valence-corrected chi connectivity index (χ1v) is 8.63. The molecule has 1 saturated heterocycles. The number of alkyl halides is 3. The van der Waals surface area contributed by atoms with Gasteiger partial charge >= 0.3 is 12.1 Å². The molecule has 0 amide bonds. The van der Waals surface area contributed by atoms with Crippen molar-refractivity contribution < 1.29 is 27.6 Å². The van der Waals surface area contributed by atoms with Crippen molar-refractivity contribution >= 4 is 5.97 Å². The summed E-state index contributed by atoms with van der Waals surface area (Å²) in [6, 6.07) is 4.40. The van der Waals surface area contributed by atoms with Gasteiger partial charge in [-0.25, -0.2) is 0 Å². The molecule has 0 bridgehead atoms. The van der Waals surface area contributed by atoms with Crippen LogP contribution in [-0.4, -0.2) is 39.2 Å². The second-order valence-electron chi connectivity index (χ2n) is 7.04. The maximum absolute atomic E-state index is 12.9. The summed E-state index contributed by atoms with van der Waals surface area (Å²) in [5, 5.41) is 13.1. The minimum Gasteiger partial charge on any atom is -0.481 e. The molecule has 0 radical (unpaired) electrons. The second kappa shape index (κ2) is 7.30. The Kier molecular flexibility index (Phi) is 5.23. The van der Waals surface area contributed by atoms with Gasteiger partial charge in [0.2, 0.25) is 11.7 Å². The Morgan fingerprint density at radius 1 is 1.37 bits per heavy atom. The molecule has 6 nitrogen and oxygen atoms in total. The third-order valence-electron chi connectivity index (χ3n) is 4.83. The van der Waals surface area contributed by atoms with Crippen LogP contribution in [0, 0.1) is 11.8 Å². The summed E-state index contributed by atoms with van der Waals surface area (Å²) in [6.45, 7) is 4.85. The molecule has 3 unspecified atom stereocenters. The number of hydrogen-bond acceptors (Lipinski definition) is 5. The van der Waals surface area contributed by atoms with Crippen molar-refractivity contribution in [1.29, 1.82) is 0 Å². The smallest absolute Gasteiger partial charge is 0.416 e. The average Bonchev–Trinajstić information content (AvgIpc) is 3.10. The Hall–Kier alpha value is -2.42. The van der Waals surface area contributed by atoms with E-state index in [1.54, 1.807) is 0 Å². The molecule has 3 rings (SSSR count). The number of benzene rings is 1. The largest absolute Gasteiger partial charge is 0.481 e. The first kappa shape index (κ1) is 19.3. The van der Waals surface area contributed by atoms with E-state index in [1.165, 1.54) is 12.1 Å². The van der Waals surface area contributed by atoms with Gasteiger partial charge in [0.15, 0.2) is 0 Å². The molecule has 3 atom stereocenters. The van der Waals surface area contributed by atoms with Crippen LogP contribution in [0.2, 0.25) is 0 Å². The molecule has 1 aliphatic heterocycles. The normalized spacial score (nSPS) is 22.6. The number of carbonyl (C=O) groups is 1. The van der Waals surface area contributed by atoms with Gasteiger partial charge in [-0.15, -0.1) is 0 Å². The summed E-state index contributed by atoms with van der Waals surface area (Å²) < 4.78 is 43.9. The number of rotatable bonds is 4. The molecule has 2 heterocycles. The summed E-state index contributed by atoms with van der Waals surface area (Å²) >= 11 is 0. The Morgan fingerprint density at radius 2 is 2.11 bits per heavy atom. The minimum atomic E-state index is -4.45. The fourth-order valence-electron chi connectivity index (χ4n) is 3.40. The maximum Gasteiger partial charge on any atom is 0.416 e. The first-order valence-electron chi connectivity index (χ1n) is 8.63. The van der Waals surface area contributed by atoms with Gasteiger partial charge in [0.05, 0.1) is 17.5 Å². The molecule has 1 aliphatic rings. The zero-order chi connectivity index (χ0) is 19.8. The number of likely N-dealkylation sites (tertiary alicyclic amines) is 1. The molecule has 1 N–H and O–H groups in total. The van der Waals surface area contributed by atoms with Crippen molar-refractivity contribution in [2.45, 2.75) is 32.5 Å². The Balaban J connectivity index is 1.80. The highest BCUT2D eigenvalue weighted by Crippen LogP contribution is 2.33. The van der Waals surface area contributed by atoms with Gasteiger partial charge < -0.3 is 9.63 Å². The number of carboxylic acids is 1. The quantitative estimate of drug-likeness (QED) is 0.864. The molecule has 1 aromatic heterocycles. The molecule has 2 aromatic rings. The summed E-state index contributed by atoms with van der Waals surface area (Å²) in [4.78, 5) is 17.5. The monoisotopic (exact) mass is 383 g/mol. The van der Waals surface area contributed by atoms with E-state index in [2.05, 4.69) is 10.1 Å². The van der Waals surface area contributed by atoms with E-state index in [0.29, 0.717) is 19.5 Å². The molecule has 27 heavy (non-hydrogen) atoms. The molecule has 0 saturated carbocycles. The Labute approximate surface area is 154 Å². The molecule has 0 spiro atoms. The van der Waals surface area contributed by atoms with E-state index in [0.717, 1.165) is 12.1 Å². The number of hydrogen-bond donors (Lipinski definition) is 1. The predicted molar refractivity (Wildman–Crippen MR) is 89.6 cm³/mol. The van der Waals surface area contributed by atoms with Crippen molar-refractivity contribution in [1.82, 2.24) is 15.0 Å². The Morgan fingerprint density at radius 3 is 2.78 bits per heavy atom. The Bertz CT molecular complexity index is 821. The fourth-order valence-corrected chi connectivity index (χ4v) is 3.40. The number of aliphatic carboxylic acids is 1. The van der Waals surface area contributed by atoms with Gasteiger partial charge in [0.1, 0.15) is 0 Å². The van der Waals surface area contributed by atoms with E-state index in [4.69, 9.17) is 4.52 Å². The van der Waals surface area contributed by atoms with Gasteiger partial charge in [0, 0.05) is 18.7 Å². The van der Waals surface area contributed by atoms with Crippen LogP contribution >= 0.6 is 0 Å². The summed E-state index contributed by atoms with van der Waals surface area (Å²) in [7, 11) is 0. The third kappa shape index (κ3) is 4.29. The number of piperidine rings is 1. The van der Waals surface area contributed by atoms with Crippen molar-refractivity contribution in [2.24, 2.45) is 11.8 Å². The van der Waals surface area contributed by atoms with Crippen LogP contribution in [-0.2, 0) is 11.0 Å². The van der Waals surface area contributed by atoms with Crippen LogP contribution in [0.15, 0.2) is 28.8 Å². The van der Waals surface area contributed by atoms with Gasteiger partial charge in [-0.05, 0) is 31.4 Å². The molecule has 9 heteroatoms. The number of halogens is 3. The SMILES string of the molecule is CC1CC(C(=O)O)CN(C(C)c2nc(-c3cccc(C(F)(F)F)c3)no2)C1. The van der Waals surface area contributed by atoms with Crippen molar-refractivity contribution in [3.8, 4) is 11.4 Å². The van der Waals surface area contributed by atoms with Crippen molar-refractivity contribution in [2.75, 3.05) is 13.1 Å². The third-order valence-corrected chi connectivity index (χ3v) is 4.83. The zero-order valence-electron chi connectivity index (χ0n) is 14.9. The van der Waals surface area contributed by atoms with Crippen LogP contribution in [0.1, 0.15) is 37.8 Å². The second-order valence-corrected chi connectivity index (χ2v) is 7.04. The average molecular weight is 383 g/mol. The van der Waals surface area contributed by atoms with E-state index in [9.17, 15) is 23.1 Å². The number of nitrogens with zero attached hydrogens (tertiary/aromatic N) is 3. The van der Waals surface area contributed by atoms with Crippen LogP contribution in [0.25, 0.3) is 11.4 Å². The highest BCUT2D eigenvalue weighted by Gasteiger charge is 2.34. The molecule has 146 valence electrons. The molecule has 1 fully saturated rings. The van der Waals surface area contributed by atoms with Gasteiger partial charge in [0.25, 0.3) is 0 Å². The summed E-state index contributed by atoms with van der Waals surface area (Å²) in [5.41, 5.74) is -0.573. The van der Waals surface area contributed by atoms with E-state index < -0.39 is 23.6 Å². The van der Waals surface area contributed by atoms with Crippen LogP contribution in [0.4, 0.5) is 13.2 Å². The summed E-state index contributed by atoms with van der Waals surface area (Å²) in [5.74, 6) is -0.785. The molecular formula is C18H20F3N3O3. The predicted octanol–water partition coefficient (Wildman–Crippen LogP) is 3.86. The lowest BCUT2D eigenvalue weighted by atomic mass is 9.89. The lowest BCUT2D eigenvalue weighted by Crippen LogP contribution is -2.43. The van der Waals surface area contributed by atoms with Gasteiger partial charge in [-0.2, -0.15) is 18.2 Å². The van der Waals surface area contributed by atoms with Crippen LogP contribution in [0.3, 0.4) is 0 Å². The minimum absolute atomic E-state index is 0.0720. The van der Waals surface area contributed by atoms with E-state index in [-0.39, 0.29) is 29.2 Å². The number of carboxylic acid groups (broad SMARTS) is 1. The fraction of sp³-hybridized carbons (Fsp3) is 0.500. The van der Waals surface area contributed by atoms with Crippen molar-refractivity contribution in [3.05, 3.63) is 35.7 Å². The van der Waals surface area contributed by atoms with Crippen molar-refractivity contribution in [3.63, 3.8) is 0 Å². The summed E-state index contributed by atoms with van der Waals surface area (Å²) in [6.07, 6.45) is -3.84. The molecule has 1 aromatic carbocycles. The molecule has 0 aliphatic carbocycles. The molecular weight excluding hydrogens is 363 g/mol. The standard InChI is InChI=1S/C18H20F3N3O3/c1-10-6-13(17(25)26)9-24(8-10)11(2)16-22-15(23-27-16)12-4-3-5-14(7-12)18(19,20)21/h3-5,7,10-11,13H,6,8-9H2,1-2H3,(H,25,26). The highest BCUT2D eigenvalue weighted by molar-refractivity contribution is 5.70. The van der Waals surface area contributed by atoms with Gasteiger partial charge in [-0.1, -0.05) is 24.2 Å². The van der Waals surface area contributed by atoms with E-state index in [1.807, 2.05) is 18.7 Å². The van der Waals surface area contributed by atoms with Crippen LogP contribution < -0.4 is 0 Å². The lowest BCUT2D eigenvalue weighted by molar-refractivity contribution is -0.145. The van der Waals surface area contributed by atoms with Gasteiger partial charge in [-0.3, -0.25) is 9.69 Å². The number of aromatic nitrogens is 2. The van der Waals surface area contributed by atoms with Crippen LogP contribution in [0.5, 0.6) is 0 Å². The maximum atomic E-state index is 12.9. The lowest BCUT2D eigenvalue weighted by Gasteiger charge is -2.37. The topological polar surface area (TPSA) is 79.5 Å². The highest BCUT2D eigenvalue weighted by atomic mass is 19.4. The van der Waals surface area contributed by atoms with E-state index >= 15 is 0 Å².